The van der Waals surface area contributed by atoms with Gasteiger partial charge in [-0.3, -0.25) is 9.59 Å². The smallest absolute Gasteiger partial charge is 0.258 e. The van der Waals surface area contributed by atoms with Crippen molar-refractivity contribution in [3.8, 4) is 22.9 Å². The number of nitrogens with one attached hydrogen (secondary N) is 1. The van der Waals surface area contributed by atoms with E-state index in [9.17, 15) is 14.0 Å². The molecule has 35 heavy (non-hydrogen) atoms. The number of carbonyl (C=O) groups excluding carboxylic acids is 2. The second-order valence-electron chi connectivity index (χ2n) is 7.47. The quantitative estimate of drug-likeness (QED) is 0.277. The molecule has 1 aromatic heterocycles. The topological polar surface area (TPSA) is 90.4 Å². The van der Waals surface area contributed by atoms with Gasteiger partial charge in [-0.1, -0.05) is 30.3 Å². The summed E-state index contributed by atoms with van der Waals surface area (Å²) in [5.41, 5.74) is 2.49. The Kier molecular flexibility index (Phi) is 7.75. The van der Waals surface area contributed by atoms with Crippen LogP contribution >= 0.6 is 0 Å². The van der Waals surface area contributed by atoms with Crippen molar-refractivity contribution in [3.63, 3.8) is 0 Å². The molecule has 4 aromatic rings. The van der Waals surface area contributed by atoms with Crippen LogP contribution in [0.5, 0.6) is 11.6 Å². The summed E-state index contributed by atoms with van der Waals surface area (Å²) in [7, 11) is 0. The van der Waals surface area contributed by atoms with Gasteiger partial charge < -0.3 is 14.8 Å². The number of nitrogens with zero attached hydrogens (tertiary/aromatic N) is 2. The predicted molar refractivity (Wildman–Crippen MR) is 128 cm³/mol. The van der Waals surface area contributed by atoms with Crippen LogP contribution in [0.2, 0.25) is 0 Å². The van der Waals surface area contributed by atoms with Crippen LogP contribution in [0.15, 0.2) is 91.0 Å². The van der Waals surface area contributed by atoms with Crippen molar-refractivity contribution in [2.45, 2.75) is 0 Å². The van der Waals surface area contributed by atoms with Crippen LogP contribution in [0.25, 0.3) is 11.3 Å². The molecule has 0 radical (unpaired) electrons. The summed E-state index contributed by atoms with van der Waals surface area (Å²) in [6.45, 7) is 0.291. The molecule has 3 aromatic carbocycles. The Bertz CT molecular complexity index is 1260. The second-order valence-corrected chi connectivity index (χ2v) is 7.47. The van der Waals surface area contributed by atoms with Gasteiger partial charge in [-0.05, 0) is 54.6 Å². The minimum Gasteiger partial charge on any atom is -0.484 e. The zero-order valence-electron chi connectivity index (χ0n) is 18.7. The summed E-state index contributed by atoms with van der Waals surface area (Å²) < 4.78 is 24.0. The van der Waals surface area contributed by atoms with Gasteiger partial charge in [0.2, 0.25) is 5.88 Å². The standard InChI is InChI=1S/C27H22FN3O4/c28-22-10-6-19(7-11-22)24-14-15-26(31-30-24)34-17-16-29-25(32)18-35-23-12-8-21(9-13-23)27(33)20-4-2-1-3-5-20/h1-15H,16-18H2,(H,29,32). The van der Waals surface area contributed by atoms with Crippen LogP contribution in [-0.4, -0.2) is 41.6 Å². The molecule has 4 rings (SSSR count). The lowest BCUT2D eigenvalue weighted by Crippen LogP contribution is -2.32. The maximum atomic E-state index is 13.0. The first-order chi connectivity index (χ1) is 17.1. The number of rotatable bonds is 10. The number of hydrogen-bond acceptors (Lipinski definition) is 6. The number of amides is 1. The molecule has 0 bridgehead atoms. The molecule has 1 heterocycles. The monoisotopic (exact) mass is 471 g/mol. The molecule has 0 spiro atoms. The Morgan fingerprint density at radius 1 is 0.771 bits per heavy atom. The minimum atomic E-state index is -0.317. The molecule has 1 amide bonds. The van der Waals surface area contributed by atoms with E-state index in [1.54, 1.807) is 60.7 Å². The van der Waals surface area contributed by atoms with Crippen molar-refractivity contribution >= 4 is 11.7 Å². The maximum absolute atomic E-state index is 13.0. The van der Waals surface area contributed by atoms with Crippen molar-refractivity contribution < 1.29 is 23.5 Å². The highest BCUT2D eigenvalue weighted by atomic mass is 19.1. The molecule has 0 fully saturated rings. The molecule has 176 valence electrons. The molecule has 0 saturated carbocycles. The molecule has 0 aliphatic heterocycles. The number of benzene rings is 3. The van der Waals surface area contributed by atoms with E-state index in [-0.39, 0.29) is 37.3 Å². The zero-order valence-corrected chi connectivity index (χ0v) is 18.7. The predicted octanol–water partition coefficient (Wildman–Crippen LogP) is 4.09. The van der Waals surface area contributed by atoms with Gasteiger partial charge in [0.25, 0.3) is 5.91 Å². The van der Waals surface area contributed by atoms with Gasteiger partial charge in [0.1, 0.15) is 18.2 Å². The summed E-state index contributed by atoms with van der Waals surface area (Å²) in [5, 5.41) is 10.7. The number of ether oxygens (including phenoxy) is 2. The summed E-state index contributed by atoms with van der Waals surface area (Å²) in [6, 6.07) is 25.0. The largest absolute Gasteiger partial charge is 0.484 e. The first kappa shape index (κ1) is 23.6. The average Bonchev–Trinajstić information content (AvgIpc) is 2.91. The Hall–Kier alpha value is -4.59. The number of halogens is 1. The van der Waals surface area contributed by atoms with Crippen LogP contribution in [0.1, 0.15) is 15.9 Å². The summed E-state index contributed by atoms with van der Waals surface area (Å²) in [5.74, 6) is 0.0897. The lowest BCUT2D eigenvalue weighted by molar-refractivity contribution is -0.123. The van der Waals surface area contributed by atoms with Crippen molar-refractivity contribution in [3.05, 3.63) is 108 Å². The van der Waals surface area contributed by atoms with E-state index in [0.717, 1.165) is 5.56 Å². The third-order valence-corrected chi connectivity index (χ3v) is 4.98. The lowest BCUT2D eigenvalue weighted by atomic mass is 10.0. The Morgan fingerprint density at radius 2 is 1.49 bits per heavy atom. The molecule has 1 N–H and O–H groups in total. The third-order valence-electron chi connectivity index (χ3n) is 4.98. The van der Waals surface area contributed by atoms with Crippen LogP contribution in [-0.2, 0) is 4.79 Å². The van der Waals surface area contributed by atoms with Gasteiger partial charge in [-0.25, -0.2) is 4.39 Å². The SMILES string of the molecule is O=C(COc1ccc(C(=O)c2ccccc2)cc1)NCCOc1ccc(-c2ccc(F)cc2)nn1. The van der Waals surface area contributed by atoms with Crippen molar-refractivity contribution in [2.75, 3.05) is 19.8 Å². The highest BCUT2D eigenvalue weighted by molar-refractivity contribution is 6.09. The molecule has 0 unspecified atom stereocenters. The van der Waals surface area contributed by atoms with E-state index in [0.29, 0.717) is 28.5 Å². The second kappa shape index (κ2) is 11.5. The fourth-order valence-corrected chi connectivity index (χ4v) is 3.18. The molecule has 0 aliphatic rings. The molecular formula is C27H22FN3O4. The van der Waals surface area contributed by atoms with E-state index in [1.807, 2.05) is 18.2 Å². The van der Waals surface area contributed by atoms with Crippen LogP contribution in [0, 0.1) is 5.82 Å². The van der Waals surface area contributed by atoms with E-state index in [1.165, 1.54) is 12.1 Å². The molecule has 0 saturated heterocycles. The molecule has 0 aliphatic carbocycles. The van der Waals surface area contributed by atoms with Gasteiger partial charge in [-0.15, -0.1) is 10.2 Å². The van der Waals surface area contributed by atoms with Gasteiger partial charge in [0.15, 0.2) is 12.4 Å². The maximum Gasteiger partial charge on any atom is 0.258 e. The minimum absolute atomic E-state index is 0.0790. The first-order valence-corrected chi connectivity index (χ1v) is 10.9. The summed E-state index contributed by atoms with van der Waals surface area (Å²) in [6.07, 6.45) is 0. The number of ketones is 1. The fraction of sp³-hybridized carbons (Fsp3) is 0.111. The van der Waals surface area contributed by atoms with E-state index >= 15 is 0 Å². The van der Waals surface area contributed by atoms with Gasteiger partial charge in [-0.2, -0.15) is 0 Å². The first-order valence-electron chi connectivity index (χ1n) is 10.9. The summed E-state index contributed by atoms with van der Waals surface area (Å²) >= 11 is 0. The van der Waals surface area contributed by atoms with Crippen molar-refractivity contribution in [2.24, 2.45) is 0 Å². The third kappa shape index (κ3) is 6.70. The molecule has 0 atom stereocenters. The van der Waals surface area contributed by atoms with Gasteiger partial charge >= 0.3 is 0 Å². The molecule has 7 nitrogen and oxygen atoms in total. The van der Waals surface area contributed by atoms with Crippen molar-refractivity contribution in [1.29, 1.82) is 0 Å². The van der Waals surface area contributed by atoms with Gasteiger partial charge in [0.05, 0.1) is 12.2 Å². The Morgan fingerprint density at radius 3 is 2.17 bits per heavy atom. The zero-order chi connectivity index (χ0) is 24.5. The Labute approximate surface area is 201 Å². The number of aromatic nitrogens is 2. The van der Waals surface area contributed by atoms with E-state index < -0.39 is 0 Å². The van der Waals surface area contributed by atoms with E-state index in [4.69, 9.17) is 9.47 Å². The van der Waals surface area contributed by atoms with E-state index in [2.05, 4.69) is 15.5 Å². The van der Waals surface area contributed by atoms with Gasteiger partial charge in [0, 0.05) is 22.8 Å². The number of carbonyl (C=O) groups is 2. The normalized spacial score (nSPS) is 10.4. The highest BCUT2D eigenvalue weighted by Crippen LogP contribution is 2.18. The highest BCUT2D eigenvalue weighted by Gasteiger charge is 2.09. The van der Waals surface area contributed by atoms with Crippen LogP contribution < -0.4 is 14.8 Å². The average molecular weight is 471 g/mol. The van der Waals surface area contributed by atoms with Crippen LogP contribution in [0.3, 0.4) is 0 Å². The molecule has 8 heteroatoms. The van der Waals surface area contributed by atoms with Crippen molar-refractivity contribution in [1.82, 2.24) is 15.5 Å². The number of hydrogen-bond donors (Lipinski definition) is 1. The lowest BCUT2D eigenvalue weighted by Gasteiger charge is -2.09. The molecular weight excluding hydrogens is 449 g/mol. The van der Waals surface area contributed by atoms with Crippen LogP contribution in [0.4, 0.5) is 4.39 Å². The summed E-state index contributed by atoms with van der Waals surface area (Å²) in [4.78, 5) is 24.4. The Balaban J connectivity index is 1.16. The fourth-order valence-electron chi connectivity index (χ4n) is 3.18.